The van der Waals surface area contributed by atoms with Crippen LogP contribution in [0, 0.1) is 5.92 Å². The van der Waals surface area contributed by atoms with Gasteiger partial charge in [0.1, 0.15) is 12.4 Å². The van der Waals surface area contributed by atoms with E-state index in [1.165, 1.54) is 0 Å². The maximum Gasteiger partial charge on any atom is 0.217 e. The van der Waals surface area contributed by atoms with Crippen molar-refractivity contribution in [3.63, 3.8) is 0 Å². The average molecular weight is 310 g/mol. The van der Waals surface area contributed by atoms with E-state index in [2.05, 4.69) is 5.32 Å². The highest BCUT2D eigenvalue weighted by Gasteiger charge is 2.45. The Kier molecular flexibility index (Phi) is 4.47. The average Bonchev–Trinajstić information content (AvgIpc) is 2.66. The Labute approximate surface area is 126 Å². The fourth-order valence-corrected chi connectivity index (χ4v) is 5.47. The van der Waals surface area contributed by atoms with Crippen LogP contribution >= 0.6 is 0 Å². The Hall–Kier alpha value is -1.11. The van der Waals surface area contributed by atoms with E-state index >= 15 is 0 Å². The van der Waals surface area contributed by atoms with E-state index in [0.717, 1.165) is 31.7 Å². The summed E-state index contributed by atoms with van der Waals surface area (Å²) in [6, 6.07) is 9.52. The zero-order valence-corrected chi connectivity index (χ0v) is 12.9. The minimum Gasteiger partial charge on any atom is -0.492 e. The molecule has 2 saturated heterocycles. The highest BCUT2D eigenvalue weighted by atomic mass is 32.2. The van der Waals surface area contributed by atoms with E-state index in [4.69, 9.17) is 4.74 Å². The first-order valence-corrected chi connectivity index (χ1v) is 9.06. The van der Waals surface area contributed by atoms with Crippen LogP contribution in [0.2, 0.25) is 0 Å². The summed E-state index contributed by atoms with van der Waals surface area (Å²) >= 11 is 0. The number of nitrogens with one attached hydrogen (secondary N) is 1. The molecule has 0 unspecified atom stereocenters. The van der Waals surface area contributed by atoms with Gasteiger partial charge in [0.2, 0.25) is 10.0 Å². The maximum absolute atomic E-state index is 12.6. The van der Waals surface area contributed by atoms with Crippen molar-refractivity contribution in [2.75, 3.05) is 32.8 Å². The van der Waals surface area contributed by atoms with Gasteiger partial charge in [-0.05, 0) is 44.0 Å². The van der Waals surface area contributed by atoms with Crippen molar-refractivity contribution in [3.05, 3.63) is 30.3 Å². The summed E-state index contributed by atoms with van der Waals surface area (Å²) < 4.78 is 32.4. The van der Waals surface area contributed by atoms with Crippen LogP contribution in [0.1, 0.15) is 12.8 Å². The lowest BCUT2D eigenvalue weighted by Crippen LogP contribution is -2.33. The molecule has 2 atom stereocenters. The smallest absolute Gasteiger partial charge is 0.217 e. The summed E-state index contributed by atoms with van der Waals surface area (Å²) in [5.41, 5.74) is 0. The van der Waals surface area contributed by atoms with Gasteiger partial charge in [0, 0.05) is 13.1 Å². The van der Waals surface area contributed by atoms with E-state index in [1.807, 2.05) is 30.3 Å². The standard InChI is InChI=1S/C15H22N2O3S/c18-21(19)15-7-9-16-8-6-13(15)12-17(21)10-11-20-14-4-2-1-3-5-14/h1-5,13,15-16H,6-12H2/t13-,15-/m1/s1. The molecular weight excluding hydrogens is 288 g/mol. The van der Waals surface area contributed by atoms with E-state index < -0.39 is 10.0 Å². The van der Waals surface area contributed by atoms with Gasteiger partial charge in [-0.1, -0.05) is 18.2 Å². The SMILES string of the molecule is O=S1(=O)[C@@H]2CCNCC[C@@H]2CN1CCOc1ccccc1. The second-order valence-electron chi connectivity index (χ2n) is 5.69. The molecule has 1 aromatic rings. The predicted octanol–water partition coefficient (Wildman–Crippen LogP) is 1.08. The number of fused-ring (bicyclic) bond motifs is 1. The molecule has 2 fully saturated rings. The highest BCUT2D eigenvalue weighted by Crippen LogP contribution is 2.32. The van der Waals surface area contributed by atoms with Crippen LogP contribution in [-0.4, -0.2) is 50.8 Å². The molecule has 116 valence electrons. The minimum absolute atomic E-state index is 0.204. The lowest BCUT2D eigenvalue weighted by molar-refractivity contribution is 0.269. The van der Waals surface area contributed by atoms with Crippen molar-refractivity contribution in [2.24, 2.45) is 5.92 Å². The molecule has 5 nitrogen and oxygen atoms in total. The minimum atomic E-state index is -3.15. The van der Waals surface area contributed by atoms with Crippen molar-refractivity contribution in [3.8, 4) is 5.75 Å². The summed E-state index contributed by atoms with van der Waals surface area (Å²) in [5.74, 6) is 1.05. The van der Waals surface area contributed by atoms with Gasteiger partial charge < -0.3 is 10.1 Å². The number of rotatable bonds is 4. The molecule has 0 amide bonds. The molecule has 1 aromatic carbocycles. The first-order chi connectivity index (χ1) is 10.2. The number of nitrogens with zero attached hydrogens (tertiary/aromatic N) is 1. The first kappa shape index (κ1) is 14.8. The van der Waals surface area contributed by atoms with E-state index in [0.29, 0.717) is 19.7 Å². The normalized spacial score (nSPS) is 28.8. The first-order valence-electron chi connectivity index (χ1n) is 7.55. The third-order valence-electron chi connectivity index (χ3n) is 4.36. The van der Waals surface area contributed by atoms with Gasteiger partial charge in [0.25, 0.3) is 0 Å². The van der Waals surface area contributed by atoms with Crippen LogP contribution in [0.4, 0.5) is 0 Å². The van der Waals surface area contributed by atoms with Crippen LogP contribution in [0.5, 0.6) is 5.75 Å². The fraction of sp³-hybridized carbons (Fsp3) is 0.600. The molecule has 2 aliphatic rings. The summed E-state index contributed by atoms with van der Waals surface area (Å²) in [6.07, 6.45) is 1.67. The molecule has 0 bridgehead atoms. The molecular formula is C15H22N2O3S. The third-order valence-corrected chi connectivity index (χ3v) is 6.79. The molecule has 21 heavy (non-hydrogen) atoms. The molecule has 0 aromatic heterocycles. The number of hydrogen-bond donors (Lipinski definition) is 1. The monoisotopic (exact) mass is 310 g/mol. The Morgan fingerprint density at radius 3 is 2.76 bits per heavy atom. The summed E-state index contributed by atoms with van der Waals surface area (Å²) in [5, 5.41) is 3.08. The van der Waals surface area contributed by atoms with Gasteiger partial charge in [0.15, 0.2) is 0 Å². The number of para-hydroxylation sites is 1. The van der Waals surface area contributed by atoms with Gasteiger partial charge in [-0.3, -0.25) is 0 Å². The second kappa shape index (κ2) is 6.34. The Morgan fingerprint density at radius 2 is 1.95 bits per heavy atom. The Balaban J connectivity index is 1.59. The second-order valence-corrected chi connectivity index (χ2v) is 7.84. The molecule has 2 heterocycles. The van der Waals surface area contributed by atoms with Crippen molar-refractivity contribution < 1.29 is 13.2 Å². The van der Waals surface area contributed by atoms with Crippen LogP contribution in [-0.2, 0) is 10.0 Å². The lowest BCUT2D eigenvalue weighted by atomic mass is 10.0. The van der Waals surface area contributed by atoms with E-state index in [9.17, 15) is 8.42 Å². The lowest BCUT2D eigenvalue weighted by Gasteiger charge is -2.17. The third kappa shape index (κ3) is 3.22. The quantitative estimate of drug-likeness (QED) is 0.904. The van der Waals surface area contributed by atoms with Crippen molar-refractivity contribution in [1.29, 1.82) is 0 Å². The van der Waals surface area contributed by atoms with Crippen LogP contribution in [0.25, 0.3) is 0 Å². The summed E-state index contributed by atoms with van der Waals surface area (Å²) in [7, 11) is -3.15. The Bertz CT molecular complexity index is 562. The van der Waals surface area contributed by atoms with Crippen molar-refractivity contribution in [2.45, 2.75) is 18.1 Å². The van der Waals surface area contributed by atoms with Gasteiger partial charge in [0.05, 0.1) is 5.25 Å². The number of benzene rings is 1. The van der Waals surface area contributed by atoms with Crippen LogP contribution < -0.4 is 10.1 Å². The summed E-state index contributed by atoms with van der Waals surface area (Å²) in [6.45, 7) is 3.21. The molecule has 0 saturated carbocycles. The highest BCUT2D eigenvalue weighted by molar-refractivity contribution is 7.90. The van der Waals surface area contributed by atoms with Crippen LogP contribution in [0.15, 0.2) is 30.3 Å². The van der Waals surface area contributed by atoms with Crippen molar-refractivity contribution in [1.82, 2.24) is 9.62 Å². The molecule has 3 rings (SSSR count). The van der Waals surface area contributed by atoms with Gasteiger partial charge in [-0.25, -0.2) is 8.42 Å². The molecule has 0 aliphatic carbocycles. The van der Waals surface area contributed by atoms with E-state index in [1.54, 1.807) is 4.31 Å². The fourth-order valence-electron chi connectivity index (χ4n) is 3.24. The molecule has 2 aliphatic heterocycles. The molecule has 0 radical (unpaired) electrons. The number of sulfonamides is 1. The maximum atomic E-state index is 12.6. The van der Waals surface area contributed by atoms with Crippen molar-refractivity contribution >= 4 is 10.0 Å². The van der Waals surface area contributed by atoms with Gasteiger partial charge in [-0.15, -0.1) is 0 Å². The molecule has 6 heteroatoms. The topological polar surface area (TPSA) is 58.6 Å². The van der Waals surface area contributed by atoms with Gasteiger partial charge >= 0.3 is 0 Å². The van der Waals surface area contributed by atoms with E-state index in [-0.39, 0.29) is 11.2 Å². The predicted molar refractivity (Wildman–Crippen MR) is 81.8 cm³/mol. The largest absolute Gasteiger partial charge is 0.492 e. The zero-order chi connectivity index (χ0) is 14.7. The Morgan fingerprint density at radius 1 is 1.19 bits per heavy atom. The summed E-state index contributed by atoms with van der Waals surface area (Å²) in [4.78, 5) is 0. The number of hydrogen-bond acceptors (Lipinski definition) is 4. The van der Waals surface area contributed by atoms with Crippen LogP contribution in [0.3, 0.4) is 0 Å². The zero-order valence-electron chi connectivity index (χ0n) is 12.1. The molecule has 0 spiro atoms. The van der Waals surface area contributed by atoms with Gasteiger partial charge in [-0.2, -0.15) is 4.31 Å². The number of ether oxygens (including phenoxy) is 1. The molecule has 1 N–H and O–H groups in total.